The minimum absolute atomic E-state index is 0.403. The number of benzene rings is 2. The molecule has 1 aliphatic rings. The van der Waals surface area contributed by atoms with Crippen LogP contribution in [0.4, 0.5) is 0 Å². The maximum atomic E-state index is 5.53. The van der Waals surface area contributed by atoms with E-state index in [2.05, 4.69) is 17.1 Å². The predicted molar refractivity (Wildman–Crippen MR) is 66.8 cm³/mol. The van der Waals surface area contributed by atoms with Crippen molar-refractivity contribution in [2.75, 3.05) is 6.73 Å². The van der Waals surface area contributed by atoms with E-state index >= 15 is 0 Å². The molecule has 0 atom stereocenters. The first-order valence-electron chi connectivity index (χ1n) is 5.49. The van der Waals surface area contributed by atoms with Gasteiger partial charge in [-0.2, -0.15) is 0 Å². The van der Waals surface area contributed by atoms with Gasteiger partial charge in [-0.15, -0.1) is 0 Å². The quantitative estimate of drug-likeness (QED) is 0.585. The van der Waals surface area contributed by atoms with Crippen LogP contribution in [0.1, 0.15) is 5.56 Å². The Kier molecular flexibility index (Phi) is 1.61. The van der Waals surface area contributed by atoms with E-state index in [-0.39, 0.29) is 0 Å². The zero-order valence-corrected chi connectivity index (χ0v) is 9.01. The third-order valence-electron chi connectivity index (χ3n) is 3.13. The highest BCUT2D eigenvalue weighted by Crippen LogP contribution is 2.34. The fourth-order valence-corrected chi connectivity index (χ4v) is 2.37. The number of fused-ring (bicyclic) bond motifs is 5. The highest BCUT2D eigenvalue weighted by atomic mass is 16.5. The molecule has 0 saturated heterocycles. The monoisotopic (exact) mass is 223 g/mol. The van der Waals surface area contributed by atoms with Gasteiger partial charge in [0.2, 0.25) is 0 Å². The minimum atomic E-state index is 0.403. The molecule has 0 spiro atoms. The molecule has 4 rings (SSSR count). The number of hydrogen-bond donors (Lipinski definition) is 0. The fourth-order valence-electron chi connectivity index (χ4n) is 2.37. The summed E-state index contributed by atoms with van der Waals surface area (Å²) in [5.74, 6) is 0.890. The molecule has 0 fully saturated rings. The van der Waals surface area contributed by atoms with Crippen LogP contribution in [0.3, 0.4) is 0 Å². The fraction of sp³-hybridized carbons (Fsp3) is 0.0714. The topological polar surface area (TPSA) is 34.7 Å². The molecule has 0 unspecified atom stereocenters. The van der Waals surface area contributed by atoms with Gasteiger partial charge in [-0.05, 0) is 23.6 Å². The zero-order valence-electron chi connectivity index (χ0n) is 9.01. The summed E-state index contributed by atoms with van der Waals surface area (Å²) in [6, 6.07) is 10.1. The molecule has 0 N–H and O–H groups in total. The molecule has 0 saturated carbocycles. The number of furan rings is 1. The van der Waals surface area contributed by atoms with Crippen molar-refractivity contribution in [3.05, 3.63) is 42.2 Å². The molecule has 2 aromatic carbocycles. The van der Waals surface area contributed by atoms with Gasteiger partial charge in [-0.25, -0.2) is 0 Å². The van der Waals surface area contributed by atoms with Crippen molar-refractivity contribution < 1.29 is 9.15 Å². The van der Waals surface area contributed by atoms with Crippen LogP contribution in [0, 0.1) is 0 Å². The van der Waals surface area contributed by atoms with E-state index in [1.54, 1.807) is 6.26 Å². The van der Waals surface area contributed by atoms with Crippen LogP contribution in [0.5, 0.6) is 5.75 Å². The van der Waals surface area contributed by atoms with Crippen LogP contribution < -0.4 is 4.74 Å². The Morgan fingerprint density at radius 1 is 1.06 bits per heavy atom. The Morgan fingerprint density at radius 3 is 3.00 bits per heavy atom. The molecule has 1 aromatic heterocycles. The van der Waals surface area contributed by atoms with E-state index in [1.807, 2.05) is 24.4 Å². The lowest BCUT2D eigenvalue weighted by Crippen LogP contribution is -2.04. The summed E-state index contributed by atoms with van der Waals surface area (Å²) in [6.07, 6.45) is 3.60. The van der Waals surface area contributed by atoms with Gasteiger partial charge in [0, 0.05) is 22.6 Å². The van der Waals surface area contributed by atoms with Gasteiger partial charge in [0.15, 0.2) is 6.73 Å². The van der Waals surface area contributed by atoms with Gasteiger partial charge >= 0.3 is 0 Å². The Bertz CT molecular complexity index is 755. The minimum Gasteiger partial charge on any atom is -0.471 e. The van der Waals surface area contributed by atoms with E-state index in [0.717, 1.165) is 27.7 Å². The lowest BCUT2D eigenvalue weighted by Gasteiger charge is -2.14. The van der Waals surface area contributed by atoms with E-state index in [4.69, 9.17) is 9.15 Å². The van der Waals surface area contributed by atoms with Crippen LogP contribution in [-0.4, -0.2) is 12.9 Å². The van der Waals surface area contributed by atoms with Crippen molar-refractivity contribution in [1.29, 1.82) is 0 Å². The largest absolute Gasteiger partial charge is 0.471 e. The van der Waals surface area contributed by atoms with Gasteiger partial charge in [-0.3, -0.25) is 4.99 Å². The zero-order chi connectivity index (χ0) is 11.2. The molecule has 3 nitrogen and oxygen atoms in total. The summed E-state index contributed by atoms with van der Waals surface area (Å²) >= 11 is 0. The first kappa shape index (κ1) is 8.82. The molecule has 17 heavy (non-hydrogen) atoms. The van der Waals surface area contributed by atoms with Crippen molar-refractivity contribution in [2.24, 2.45) is 4.99 Å². The van der Waals surface area contributed by atoms with Gasteiger partial charge in [-0.1, -0.05) is 12.1 Å². The Balaban J connectivity index is 2.27. The first-order chi connectivity index (χ1) is 8.43. The van der Waals surface area contributed by atoms with Crippen LogP contribution >= 0.6 is 0 Å². The molecule has 0 bridgehead atoms. The highest BCUT2D eigenvalue weighted by molar-refractivity contribution is 6.15. The summed E-state index contributed by atoms with van der Waals surface area (Å²) in [5.41, 5.74) is 1.94. The second kappa shape index (κ2) is 3.10. The molecule has 0 amide bonds. The van der Waals surface area contributed by atoms with E-state index in [0.29, 0.717) is 6.73 Å². The molecule has 82 valence electrons. The van der Waals surface area contributed by atoms with Crippen molar-refractivity contribution in [3.63, 3.8) is 0 Å². The van der Waals surface area contributed by atoms with Gasteiger partial charge in [0.25, 0.3) is 0 Å². The average molecular weight is 223 g/mol. The summed E-state index contributed by atoms with van der Waals surface area (Å²) < 4.78 is 11.0. The standard InChI is InChI=1S/C14H9NO2/c1-3-12-10(5-6-16-12)14-9(1)2-4-13-11(14)7-15-8-17-13/h1-7H,8H2. The number of nitrogens with zero attached hydrogens (tertiary/aromatic N) is 1. The number of ether oxygens (including phenoxy) is 1. The normalized spacial score (nSPS) is 13.9. The van der Waals surface area contributed by atoms with Gasteiger partial charge in [0.05, 0.1) is 6.26 Å². The molecule has 0 radical (unpaired) electrons. The Labute approximate surface area is 97.3 Å². The van der Waals surface area contributed by atoms with Crippen molar-refractivity contribution >= 4 is 28.0 Å². The molecular weight excluding hydrogens is 214 g/mol. The molecule has 1 aliphatic heterocycles. The van der Waals surface area contributed by atoms with E-state index < -0.39 is 0 Å². The molecular formula is C14H9NO2. The molecule has 3 heteroatoms. The highest BCUT2D eigenvalue weighted by Gasteiger charge is 2.13. The number of rotatable bonds is 0. The lowest BCUT2D eigenvalue weighted by molar-refractivity contribution is 0.327. The second-order valence-electron chi connectivity index (χ2n) is 4.06. The van der Waals surface area contributed by atoms with Crippen molar-refractivity contribution in [1.82, 2.24) is 0 Å². The Morgan fingerprint density at radius 2 is 2.00 bits per heavy atom. The average Bonchev–Trinajstić information content (AvgIpc) is 2.86. The molecule has 0 aliphatic carbocycles. The third kappa shape index (κ3) is 1.13. The third-order valence-corrected chi connectivity index (χ3v) is 3.13. The second-order valence-corrected chi connectivity index (χ2v) is 4.06. The van der Waals surface area contributed by atoms with Crippen molar-refractivity contribution in [3.8, 4) is 5.75 Å². The molecule has 2 heterocycles. The first-order valence-corrected chi connectivity index (χ1v) is 5.49. The molecule has 3 aromatic rings. The smallest absolute Gasteiger partial charge is 0.179 e. The number of aliphatic imine (C=N–C) groups is 1. The SMILES string of the molecule is C1=NCOc2ccc3ccc4occc4c3c21. The summed E-state index contributed by atoms with van der Waals surface area (Å²) in [5, 5.41) is 3.43. The summed E-state index contributed by atoms with van der Waals surface area (Å²) in [4.78, 5) is 4.18. The Hall–Kier alpha value is -2.29. The van der Waals surface area contributed by atoms with Gasteiger partial charge < -0.3 is 9.15 Å². The van der Waals surface area contributed by atoms with E-state index in [1.165, 1.54) is 5.39 Å². The van der Waals surface area contributed by atoms with Crippen LogP contribution in [0.2, 0.25) is 0 Å². The predicted octanol–water partition coefficient (Wildman–Crippen LogP) is 3.35. The lowest BCUT2D eigenvalue weighted by atomic mass is 10.0. The maximum absolute atomic E-state index is 5.53. The van der Waals surface area contributed by atoms with Crippen LogP contribution in [-0.2, 0) is 0 Å². The van der Waals surface area contributed by atoms with Crippen molar-refractivity contribution in [2.45, 2.75) is 0 Å². The summed E-state index contributed by atoms with van der Waals surface area (Å²) in [7, 11) is 0. The maximum Gasteiger partial charge on any atom is 0.179 e. The number of hydrogen-bond acceptors (Lipinski definition) is 3. The summed E-state index contributed by atoms with van der Waals surface area (Å²) in [6.45, 7) is 0.403. The van der Waals surface area contributed by atoms with Crippen LogP contribution in [0.15, 0.2) is 46.0 Å². The van der Waals surface area contributed by atoms with Gasteiger partial charge in [0.1, 0.15) is 11.3 Å². The van der Waals surface area contributed by atoms with E-state index in [9.17, 15) is 0 Å². The van der Waals surface area contributed by atoms with Crippen LogP contribution in [0.25, 0.3) is 21.7 Å².